The van der Waals surface area contributed by atoms with E-state index in [1.54, 1.807) is 6.07 Å². The highest BCUT2D eigenvalue weighted by Crippen LogP contribution is 2.30. The van der Waals surface area contributed by atoms with Gasteiger partial charge >= 0.3 is 0 Å². The van der Waals surface area contributed by atoms with Crippen molar-refractivity contribution in [3.05, 3.63) is 53.6 Å². The fourth-order valence-corrected chi connectivity index (χ4v) is 5.08. The molecule has 0 radical (unpaired) electrons. The van der Waals surface area contributed by atoms with E-state index in [0.717, 1.165) is 30.4 Å². The monoisotopic (exact) mass is 416 g/mol. The topological polar surface area (TPSA) is 75.7 Å². The second kappa shape index (κ2) is 9.41. The third kappa shape index (κ3) is 5.36. The van der Waals surface area contributed by atoms with E-state index in [2.05, 4.69) is 11.4 Å². The van der Waals surface area contributed by atoms with Gasteiger partial charge in [0, 0.05) is 19.5 Å². The highest BCUT2D eigenvalue weighted by molar-refractivity contribution is 7.89. The van der Waals surface area contributed by atoms with Gasteiger partial charge in [-0.3, -0.25) is 4.79 Å². The molecule has 0 aliphatic carbocycles. The highest BCUT2D eigenvalue weighted by Gasteiger charge is 2.27. The molecule has 1 amide bonds. The van der Waals surface area contributed by atoms with Crippen LogP contribution in [0.2, 0.25) is 0 Å². The molecule has 0 aromatic heterocycles. The molecule has 6 nitrogen and oxygen atoms in total. The number of aryl methyl sites for hydroxylation is 2. The van der Waals surface area contributed by atoms with E-state index in [1.807, 2.05) is 25.1 Å². The van der Waals surface area contributed by atoms with Gasteiger partial charge in [0.25, 0.3) is 0 Å². The van der Waals surface area contributed by atoms with Crippen LogP contribution in [0, 0.1) is 6.92 Å². The Morgan fingerprint density at radius 2 is 1.86 bits per heavy atom. The number of carbonyl (C=O) groups is 1. The summed E-state index contributed by atoms with van der Waals surface area (Å²) < 4.78 is 32.7. The zero-order chi connectivity index (χ0) is 20.9. The van der Waals surface area contributed by atoms with Crippen LogP contribution in [0.5, 0.6) is 5.75 Å². The van der Waals surface area contributed by atoms with Crippen molar-refractivity contribution in [3.63, 3.8) is 0 Å². The number of nitrogens with one attached hydrogen (secondary N) is 1. The van der Waals surface area contributed by atoms with Crippen LogP contribution in [0.25, 0.3) is 0 Å². The SMILES string of the molecule is COc1ccc(S(=O)(=O)N2CCCCC2)cc1NC(=O)CCc1cccc(C)c1. The van der Waals surface area contributed by atoms with E-state index < -0.39 is 10.0 Å². The van der Waals surface area contributed by atoms with Gasteiger partial charge in [-0.05, 0) is 49.9 Å². The summed E-state index contributed by atoms with van der Waals surface area (Å²) in [5.41, 5.74) is 2.62. The number of piperidine rings is 1. The van der Waals surface area contributed by atoms with Crippen LogP contribution in [-0.2, 0) is 21.2 Å². The molecule has 2 aromatic rings. The smallest absolute Gasteiger partial charge is 0.243 e. The Morgan fingerprint density at radius 3 is 2.55 bits per heavy atom. The van der Waals surface area contributed by atoms with Crippen LogP contribution in [0.4, 0.5) is 5.69 Å². The minimum atomic E-state index is -3.58. The molecule has 0 spiro atoms. The van der Waals surface area contributed by atoms with Gasteiger partial charge in [0.05, 0.1) is 17.7 Å². The Hall–Kier alpha value is -2.38. The van der Waals surface area contributed by atoms with E-state index >= 15 is 0 Å². The van der Waals surface area contributed by atoms with Gasteiger partial charge in [-0.15, -0.1) is 0 Å². The summed E-state index contributed by atoms with van der Waals surface area (Å²) in [5, 5.41) is 2.81. The van der Waals surface area contributed by atoms with Gasteiger partial charge in [0.1, 0.15) is 5.75 Å². The number of methoxy groups -OCH3 is 1. The lowest BCUT2D eigenvalue weighted by Gasteiger charge is -2.26. The largest absolute Gasteiger partial charge is 0.495 e. The number of hydrogen-bond acceptors (Lipinski definition) is 4. The number of anilines is 1. The number of ether oxygens (including phenoxy) is 1. The molecule has 0 bridgehead atoms. The minimum absolute atomic E-state index is 0.175. The molecule has 1 aliphatic heterocycles. The fourth-order valence-electron chi connectivity index (χ4n) is 3.54. The van der Waals surface area contributed by atoms with Crippen LogP contribution in [0.15, 0.2) is 47.4 Å². The lowest BCUT2D eigenvalue weighted by atomic mass is 10.1. The first kappa shape index (κ1) is 21.3. The zero-order valence-electron chi connectivity index (χ0n) is 17.0. The van der Waals surface area contributed by atoms with Gasteiger partial charge in [-0.25, -0.2) is 8.42 Å². The summed E-state index contributed by atoms with van der Waals surface area (Å²) in [4.78, 5) is 12.7. The first-order valence-electron chi connectivity index (χ1n) is 9.94. The summed E-state index contributed by atoms with van der Waals surface area (Å²) in [6.07, 6.45) is 3.71. The standard InChI is InChI=1S/C22H28N2O4S/c1-17-7-6-8-18(15-17)9-12-22(25)23-20-16-19(10-11-21(20)28-2)29(26,27)24-13-4-3-5-14-24/h6-8,10-11,15-16H,3-5,9,12-14H2,1-2H3,(H,23,25). The molecule has 7 heteroatoms. The first-order valence-corrected chi connectivity index (χ1v) is 11.4. The van der Waals surface area contributed by atoms with E-state index in [4.69, 9.17) is 4.74 Å². The summed E-state index contributed by atoms with van der Waals surface area (Å²) in [6, 6.07) is 12.7. The van der Waals surface area contributed by atoms with Crippen molar-refractivity contribution in [1.29, 1.82) is 0 Å². The average Bonchev–Trinajstić information content (AvgIpc) is 2.73. The minimum Gasteiger partial charge on any atom is -0.495 e. The maximum Gasteiger partial charge on any atom is 0.243 e. The van der Waals surface area contributed by atoms with Crippen molar-refractivity contribution >= 4 is 21.6 Å². The fraction of sp³-hybridized carbons (Fsp3) is 0.409. The molecular weight excluding hydrogens is 388 g/mol. The van der Waals surface area contributed by atoms with E-state index in [1.165, 1.54) is 23.5 Å². The molecule has 156 valence electrons. The molecule has 2 aromatic carbocycles. The number of amides is 1. The molecule has 1 fully saturated rings. The van der Waals surface area contributed by atoms with Crippen LogP contribution in [0.1, 0.15) is 36.8 Å². The second-order valence-corrected chi connectivity index (χ2v) is 9.30. The number of benzene rings is 2. The first-order chi connectivity index (χ1) is 13.9. The molecule has 0 unspecified atom stereocenters. The summed E-state index contributed by atoms with van der Waals surface area (Å²) in [6.45, 7) is 3.09. The molecule has 0 atom stereocenters. The van der Waals surface area contributed by atoms with Gasteiger partial charge in [0.2, 0.25) is 15.9 Å². The van der Waals surface area contributed by atoms with Gasteiger partial charge in [-0.2, -0.15) is 4.31 Å². The molecule has 1 aliphatic rings. The molecule has 1 N–H and O–H groups in total. The van der Waals surface area contributed by atoms with Crippen molar-refractivity contribution in [1.82, 2.24) is 4.31 Å². The summed E-state index contributed by atoms with van der Waals surface area (Å²) in [5.74, 6) is 0.254. The zero-order valence-corrected chi connectivity index (χ0v) is 17.8. The highest BCUT2D eigenvalue weighted by atomic mass is 32.2. The number of rotatable bonds is 7. The number of sulfonamides is 1. The quantitative estimate of drug-likeness (QED) is 0.746. The lowest BCUT2D eigenvalue weighted by Crippen LogP contribution is -2.35. The number of hydrogen-bond donors (Lipinski definition) is 1. The predicted octanol–water partition coefficient (Wildman–Crippen LogP) is 3.75. The second-order valence-electron chi connectivity index (χ2n) is 7.36. The van der Waals surface area contributed by atoms with Crippen molar-refractivity contribution in [2.24, 2.45) is 0 Å². The van der Waals surface area contributed by atoms with Gasteiger partial charge in [0.15, 0.2) is 0 Å². The van der Waals surface area contributed by atoms with Crippen molar-refractivity contribution < 1.29 is 17.9 Å². The third-order valence-electron chi connectivity index (χ3n) is 5.12. The van der Waals surface area contributed by atoms with E-state index in [0.29, 0.717) is 37.4 Å². The Balaban J connectivity index is 1.73. The molecule has 29 heavy (non-hydrogen) atoms. The normalized spacial score (nSPS) is 15.1. The Bertz CT molecular complexity index is 967. The maximum atomic E-state index is 12.9. The Kier molecular flexibility index (Phi) is 6.92. The van der Waals surface area contributed by atoms with E-state index in [9.17, 15) is 13.2 Å². The Labute approximate surface area is 172 Å². The van der Waals surface area contributed by atoms with Crippen molar-refractivity contribution in [3.8, 4) is 5.75 Å². The van der Waals surface area contributed by atoms with Crippen molar-refractivity contribution in [2.75, 3.05) is 25.5 Å². The van der Waals surface area contributed by atoms with Crippen LogP contribution >= 0.6 is 0 Å². The number of carbonyl (C=O) groups excluding carboxylic acids is 1. The van der Waals surface area contributed by atoms with Gasteiger partial charge < -0.3 is 10.1 Å². The molecule has 0 saturated carbocycles. The average molecular weight is 417 g/mol. The maximum absolute atomic E-state index is 12.9. The summed E-state index contributed by atoms with van der Waals surface area (Å²) in [7, 11) is -2.08. The Morgan fingerprint density at radius 1 is 1.10 bits per heavy atom. The van der Waals surface area contributed by atoms with Crippen LogP contribution < -0.4 is 10.1 Å². The van der Waals surface area contributed by atoms with E-state index in [-0.39, 0.29) is 10.8 Å². The molecule has 3 rings (SSSR count). The predicted molar refractivity (Wildman–Crippen MR) is 114 cm³/mol. The third-order valence-corrected chi connectivity index (χ3v) is 7.02. The van der Waals surface area contributed by atoms with Crippen LogP contribution in [-0.4, -0.2) is 38.8 Å². The molecular formula is C22H28N2O4S. The summed E-state index contributed by atoms with van der Waals surface area (Å²) >= 11 is 0. The lowest BCUT2D eigenvalue weighted by molar-refractivity contribution is -0.116. The van der Waals surface area contributed by atoms with Crippen molar-refractivity contribution in [2.45, 2.75) is 43.9 Å². The number of nitrogens with zero attached hydrogens (tertiary/aromatic N) is 1. The van der Waals surface area contributed by atoms with Crippen LogP contribution in [0.3, 0.4) is 0 Å². The molecule has 1 saturated heterocycles. The van der Waals surface area contributed by atoms with Gasteiger partial charge in [-0.1, -0.05) is 36.2 Å². The molecule has 1 heterocycles.